The Labute approximate surface area is 433 Å². The molecule has 0 spiro atoms. The number of thiophene rings is 2. The van der Waals surface area contributed by atoms with Crippen LogP contribution in [0.15, 0.2) is 70.7 Å². The minimum Gasteiger partial charge on any atom is -0.460 e. The molecule has 2 aliphatic heterocycles. The smallest absolute Gasteiger partial charge is 0.308 e. The second-order valence-corrected chi connectivity index (χ2v) is 22.2. The van der Waals surface area contributed by atoms with Gasteiger partial charge >= 0.3 is 11.9 Å². The number of fused-ring (bicyclic) bond motifs is 6. The Morgan fingerprint density at radius 1 is 0.611 bits per heavy atom. The Kier molecular flexibility index (Phi) is 18.0. The molecule has 4 aromatic heterocycles. The van der Waals surface area contributed by atoms with Crippen molar-refractivity contribution in [2.45, 2.75) is 145 Å². The molecule has 8 rings (SSSR count). The number of carbonyl (C=O) groups is 2. The van der Waals surface area contributed by atoms with Gasteiger partial charge < -0.3 is 20.9 Å². The van der Waals surface area contributed by atoms with Crippen molar-refractivity contribution in [3.05, 3.63) is 138 Å². The zero-order valence-corrected chi connectivity index (χ0v) is 46.1. The number of aromatic nitrogens is 6. The van der Waals surface area contributed by atoms with Crippen molar-refractivity contribution in [2.24, 2.45) is 21.5 Å². The first-order valence-corrected chi connectivity index (χ1v) is 26.3. The van der Waals surface area contributed by atoms with E-state index in [0.29, 0.717) is 18.2 Å². The Morgan fingerprint density at radius 3 is 1.33 bits per heavy atom. The number of allylic oxidation sites excluding steroid dienone is 1. The van der Waals surface area contributed by atoms with Crippen LogP contribution in [0.1, 0.15) is 170 Å². The van der Waals surface area contributed by atoms with Gasteiger partial charge in [0, 0.05) is 32.0 Å². The first-order chi connectivity index (χ1) is 34.2. The predicted octanol–water partition coefficient (Wildman–Crippen LogP) is 11.5. The molecule has 72 heavy (non-hydrogen) atoms. The molecule has 6 aromatic rings. The molecule has 2 atom stereocenters. The number of nitrogens with zero attached hydrogens (tertiary/aromatic N) is 8. The zero-order valence-electron chi connectivity index (χ0n) is 44.5. The second kappa shape index (κ2) is 23.6. The number of benzene rings is 2. The van der Waals surface area contributed by atoms with Crippen molar-refractivity contribution in [3.63, 3.8) is 0 Å². The SMILES string of the molecule is CCC/C=C/c1ccc(C2=N[C@@H](CC(=O)OC(C)(C)C)c3nnc(C)n3-c3sc(C)c(C)c32)cc1.CN.Cc1sc2c(c1C)C(c1ccc(/C=C/CCN)cc1)=N[C@@H](CC(=O)OC(C)(C)C)c1nnc(C)n1-2. The van der Waals surface area contributed by atoms with Crippen LogP contribution in [0.25, 0.3) is 22.2 Å². The van der Waals surface area contributed by atoms with Crippen molar-refractivity contribution in [2.75, 3.05) is 13.6 Å². The van der Waals surface area contributed by atoms with Crippen LogP contribution in [-0.4, -0.2) is 77.7 Å². The van der Waals surface area contributed by atoms with Gasteiger partial charge in [-0.2, -0.15) is 0 Å². The molecule has 382 valence electrons. The van der Waals surface area contributed by atoms with Crippen LogP contribution in [0.3, 0.4) is 0 Å². The first kappa shape index (κ1) is 55.1. The Hall–Kier alpha value is -6.20. The van der Waals surface area contributed by atoms with Gasteiger partial charge in [0.1, 0.15) is 44.9 Å². The molecule has 0 fully saturated rings. The number of nitrogens with two attached hydrogens (primary N) is 2. The summed E-state index contributed by atoms with van der Waals surface area (Å²) in [6.07, 6.45) is 11.7. The van der Waals surface area contributed by atoms with Gasteiger partial charge in [0.15, 0.2) is 11.6 Å². The highest BCUT2D eigenvalue weighted by molar-refractivity contribution is 7.15. The lowest BCUT2D eigenvalue weighted by molar-refractivity contribution is -0.156. The second-order valence-electron chi connectivity index (χ2n) is 19.8. The Morgan fingerprint density at radius 2 is 0.986 bits per heavy atom. The fraction of sp³-hybridized carbons (Fsp3) is 0.429. The first-order valence-electron chi connectivity index (χ1n) is 24.6. The van der Waals surface area contributed by atoms with E-state index in [0.717, 1.165) is 85.7 Å². The van der Waals surface area contributed by atoms with Crippen molar-refractivity contribution in [1.29, 1.82) is 0 Å². The van der Waals surface area contributed by atoms with Crippen LogP contribution in [0, 0.1) is 41.5 Å². The molecule has 16 heteroatoms. The highest BCUT2D eigenvalue weighted by Crippen LogP contribution is 2.41. The summed E-state index contributed by atoms with van der Waals surface area (Å²) >= 11 is 3.41. The minimum atomic E-state index is -0.572. The number of carbonyl (C=O) groups excluding carboxylic acids is 2. The number of aliphatic imine (C=N–C) groups is 2. The molecule has 2 aliphatic rings. The third-order valence-corrected chi connectivity index (χ3v) is 14.2. The molecular formula is C56H72N10O4S2. The van der Waals surface area contributed by atoms with Gasteiger partial charge in [0.2, 0.25) is 0 Å². The predicted molar refractivity (Wildman–Crippen MR) is 294 cm³/mol. The standard InChI is InChI=1S/C28H34N4O2S.C27H33N5O2S.CH5N/c1-8-9-10-11-20-12-14-21(15-13-20)25-24-17(2)18(3)35-27(24)32-19(4)30-31-26(32)22(29-25)16-23(33)34-28(5,6)7;1-16-17(2)35-26-23(16)24(20-12-10-19(11-13-20)9-7-8-14-28)29-21(15-22(33)34-27(4,5)6)25-31-30-18(3)32(25)26;1-2/h10-15,22H,8-9,16H2,1-7H3;7,9-13,21H,8,14-15,28H2,1-6H3;2H2,1H3/b11-10+;9-7+;/t22-;21-;/m00./s1. The van der Waals surface area contributed by atoms with Gasteiger partial charge in [-0.3, -0.25) is 28.7 Å². The van der Waals surface area contributed by atoms with E-state index in [1.165, 1.54) is 27.9 Å². The van der Waals surface area contributed by atoms with Crippen LogP contribution in [0.5, 0.6) is 0 Å². The van der Waals surface area contributed by atoms with E-state index in [1.807, 2.05) is 55.4 Å². The molecule has 0 radical (unpaired) electrons. The van der Waals surface area contributed by atoms with Crippen LogP contribution in [0.4, 0.5) is 0 Å². The van der Waals surface area contributed by atoms with Crippen LogP contribution in [0.2, 0.25) is 0 Å². The lowest BCUT2D eigenvalue weighted by Gasteiger charge is -2.21. The van der Waals surface area contributed by atoms with E-state index in [1.54, 1.807) is 22.7 Å². The Balaban J connectivity index is 0.000000228. The van der Waals surface area contributed by atoms with Crippen LogP contribution >= 0.6 is 22.7 Å². The average molecular weight is 1010 g/mol. The van der Waals surface area contributed by atoms with E-state index in [4.69, 9.17) is 25.2 Å². The largest absolute Gasteiger partial charge is 0.460 e. The van der Waals surface area contributed by atoms with Gasteiger partial charge in [-0.1, -0.05) is 86.2 Å². The summed E-state index contributed by atoms with van der Waals surface area (Å²) in [6.45, 7) is 26.4. The maximum atomic E-state index is 12.8. The van der Waals surface area contributed by atoms with Crippen molar-refractivity contribution in [3.8, 4) is 10.0 Å². The molecule has 0 saturated carbocycles. The molecule has 6 heterocycles. The highest BCUT2D eigenvalue weighted by atomic mass is 32.1. The van der Waals surface area contributed by atoms with Gasteiger partial charge in [0.05, 0.1) is 24.3 Å². The summed E-state index contributed by atoms with van der Waals surface area (Å²) in [7, 11) is 1.50. The molecule has 0 bridgehead atoms. The van der Waals surface area contributed by atoms with Crippen LogP contribution in [-0.2, 0) is 19.1 Å². The van der Waals surface area contributed by atoms with E-state index >= 15 is 0 Å². The molecule has 2 aromatic carbocycles. The quantitative estimate of drug-likeness (QED) is 0.112. The lowest BCUT2D eigenvalue weighted by atomic mass is 9.98. The van der Waals surface area contributed by atoms with Gasteiger partial charge in [-0.05, 0) is 132 Å². The topological polar surface area (TPSA) is 191 Å². The fourth-order valence-corrected chi connectivity index (χ4v) is 10.8. The summed E-state index contributed by atoms with van der Waals surface area (Å²) in [6, 6.07) is 15.8. The summed E-state index contributed by atoms with van der Waals surface area (Å²) in [4.78, 5) is 38.5. The number of unbranched alkanes of at least 4 members (excludes halogenated alkanes) is 1. The number of ether oxygens (including phenoxy) is 2. The normalized spacial score (nSPS) is 15.2. The Bertz CT molecular complexity index is 2790. The van der Waals surface area contributed by atoms with Crippen molar-refractivity contribution in [1.82, 2.24) is 29.5 Å². The minimum absolute atomic E-state index is 0.0891. The van der Waals surface area contributed by atoms with E-state index in [2.05, 4.69) is 143 Å². The number of esters is 2. The number of hydrogen-bond donors (Lipinski definition) is 2. The van der Waals surface area contributed by atoms with Crippen molar-refractivity contribution < 1.29 is 19.1 Å². The van der Waals surface area contributed by atoms with Gasteiger partial charge in [0.25, 0.3) is 0 Å². The number of hydrogen-bond acceptors (Lipinski definition) is 14. The summed E-state index contributed by atoms with van der Waals surface area (Å²) in [5.74, 6) is 2.28. The highest BCUT2D eigenvalue weighted by Gasteiger charge is 2.35. The fourth-order valence-electron chi connectivity index (χ4n) is 8.34. The van der Waals surface area contributed by atoms with Crippen molar-refractivity contribution >= 4 is 58.2 Å². The zero-order chi connectivity index (χ0) is 52.7. The maximum Gasteiger partial charge on any atom is 0.308 e. The van der Waals surface area contributed by atoms with E-state index < -0.39 is 23.3 Å². The van der Waals surface area contributed by atoms with E-state index in [-0.39, 0.29) is 24.8 Å². The molecule has 14 nitrogen and oxygen atoms in total. The third-order valence-electron chi connectivity index (χ3n) is 11.8. The molecule has 0 amide bonds. The maximum absolute atomic E-state index is 12.8. The third kappa shape index (κ3) is 12.9. The van der Waals surface area contributed by atoms with Gasteiger partial charge in [-0.15, -0.1) is 43.1 Å². The van der Waals surface area contributed by atoms with Gasteiger partial charge in [-0.25, -0.2) is 0 Å². The average Bonchev–Trinajstić information content (AvgIpc) is 4.01. The number of aryl methyl sites for hydroxylation is 4. The summed E-state index contributed by atoms with van der Waals surface area (Å²) < 4.78 is 15.4. The lowest BCUT2D eigenvalue weighted by Crippen LogP contribution is -2.25. The summed E-state index contributed by atoms with van der Waals surface area (Å²) in [5, 5.41) is 19.7. The summed E-state index contributed by atoms with van der Waals surface area (Å²) in [5.41, 5.74) is 19.5. The molecule has 4 N–H and O–H groups in total. The molecule has 0 unspecified atom stereocenters. The monoisotopic (exact) mass is 1010 g/mol. The molecular weight excluding hydrogens is 941 g/mol. The molecule has 0 aliphatic carbocycles. The van der Waals surface area contributed by atoms with Crippen LogP contribution < -0.4 is 11.5 Å². The molecule has 0 saturated heterocycles. The van der Waals surface area contributed by atoms with E-state index in [9.17, 15) is 9.59 Å². The number of rotatable bonds is 12.